The van der Waals surface area contributed by atoms with Crippen LogP contribution in [-0.4, -0.2) is 83.0 Å². The Morgan fingerprint density at radius 1 is 1.28 bits per heavy atom. The number of rotatable bonds is 7. The Morgan fingerprint density at radius 3 is 2.86 bits per heavy atom. The largest absolute Gasteiger partial charge is 0.395 e. The molecular weight excluding hydrogens is 390 g/mol. The van der Waals surface area contributed by atoms with Crippen molar-refractivity contribution in [3.8, 4) is 0 Å². The van der Waals surface area contributed by atoms with Gasteiger partial charge in [0.05, 0.1) is 6.61 Å². The van der Waals surface area contributed by atoms with Crippen molar-refractivity contribution in [3.63, 3.8) is 0 Å². The second-order valence-corrected chi connectivity index (χ2v) is 8.23. The van der Waals surface area contributed by atoms with E-state index in [0.717, 1.165) is 37.9 Å². The van der Waals surface area contributed by atoms with Crippen molar-refractivity contribution in [2.45, 2.75) is 38.3 Å². The fourth-order valence-electron chi connectivity index (χ4n) is 4.19. The number of piperazine rings is 1. The lowest BCUT2D eigenvalue weighted by Crippen LogP contribution is -2.57. The van der Waals surface area contributed by atoms with E-state index >= 15 is 0 Å². The molecule has 158 valence electrons. The molecule has 0 bridgehead atoms. The molecule has 6 nitrogen and oxygen atoms in total. The van der Waals surface area contributed by atoms with Gasteiger partial charge < -0.3 is 14.9 Å². The number of amides is 2. The van der Waals surface area contributed by atoms with Crippen molar-refractivity contribution < 1.29 is 14.7 Å². The van der Waals surface area contributed by atoms with Crippen LogP contribution in [0.4, 0.5) is 0 Å². The monoisotopic (exact) mass is 419 g/mol. The van der Waals surface area contributed by atoms with Gasteiger partial charge in [0.25, 0.3) is 0 Å². The first-order valence-corrected chi connectivity index (χ1v) is 10.8. The Balaban J connectivity index is 1.49. The van der Waals surface area contributed by atoms with Crippen molar-refractivity contribution in [1.82, 2.24) is 14.7 Å². The number of hydrogen-bond donors (Lipinski definition) is 1. The molecule has 1 aromatic carbocycles. The smallest absolute Gasteiger partial charge is 0.247 e. The average Bonchev–Trinajstić information content (AvgIpc) is 3.17. The van der Waals surface area contributed by atoms with E-state index in [4.69, 9.17) is 11.6 Å². The van der Waals surface area contributed by atoms with Crippen molar-refractivity contribution in [2.24, 2.45) is 0 Å². The molecule has 7 heteroatoms. The van der Waals surface area contributed by atoms with Crippen LogP contribution in [0.2, 0.25) is 5.02 Å². The first kappa shape index (κ1) is 21.8. The van der Waals surface area contributed by atoms with Gasteiger partial charge in [-0.3, -0.25) is 14.5 Å². The zero-order valence-corrected chi connectivity index (χ0v) is 17.7. The fraction of sp³-hybridized carbons (Fsp3) is 0.545. The number of halogens is 1. The molecule has 0 radical (unpaired) electrons. The number of carbonyl (C=O) groups excluding carboxylic acids is 2. The van der Waals surface area contributed by atoms with Crippen molar-refractivity contribution in [3.05, 3.63) is 40.9 Å². The molecule has 2 saturated heterocycles. The van der Waals surface area contributed by atoms with Gasteiger partial charge >= 0.3 is 0 Å². The Hall–Kier alpha value is -1.89. The second kappa shape index (κ2) is 10.2. The summed E-state index contributed by atoms with van der Waals surface area (Å²) in [6, 6.07) is 7.10. The summed E-state index contributed by atoms with van der Waals surface area (Å²) >= 11 is 5.97. The van der Waals surface area contributed by atoms with Gasteiger partial charge in [-0.2, -0.15) is 0 Å². The summed E-state index contributed by atoms with van der Waals surface area (Å²) < 4.78 is 0. The maximum Gasteiger partial charge on any atom is 0.247 e. The van der Waals surface area contributed by atoms with E-state index in [1.165, 1.54) is 6.08 Å². The highest BCUT2D eigenvalue weighted by Gasteiger charge is 2.33. The van der Waals surface area contributed by atoms with Crippen molar-refractivity contribution >= 4 is 29.5 Å². The van der Waals surface area contributed by atoms with Gasteiger partial charge in [0.15, 0.2) is 0 Å². The van der Waals surface area contributed by atoms with Gasteiger partial charge in [-0.1, -0.05) is 23.7 Å². The fourth-order valence-corrected chi connectivity index (χ4v) is 4.39. The molecule has 0 aromatic heterocycles. The lowest BCUT2D eigenvalue weighted by molar-refractivity contribution is -0.148. The number of benzene rings is 1. The molecule has 2 unspecified atom stereocenters. The third-order valence-corrected chi connectivity index (χ3v) is 6.12. The minimum Gasteiger partial charge on any atom is -0.395 e. The maximum absolute atomic E-state index is 12.7. The van der Waals surface area contributed by atoms with Gasteiger partial charge in [0, 0.05) is 43.3 Å². The van der Waals surface area contributed by atoms with Crippen LogP contribution in [0.15, 0.2) is 30.3 Å². The van der Waals surface area contributed by atoms with Gasteiger partial charge in [-0.15, -0.1) is 0 Å². The first-order chi connectivity index (χ1) is 14.0. The molecule has 0 saturated carbocycles. The third-order valence-electron chi connectivity index (χ3n) is 5.88. The van der Waals surface area contributed by atoms with E-state index in [1.54, 1.807) is 30.0 Å². The van der Waals surface area contributed by atoms with Crippen LogP contribution in [0.1, 0.15) is 31.7 Å². The molecule has 0 spiro atoms. The molecule has 1 N–H and O–H groups in total. The lowest BCUT2D eigenvalue weighted by atomic mass is 10.1. The van der Waals surface area contributed by atoms with E-state index in [0.29, 0.717) is 24.7 Å². The van der Waals surface area contributed by atoms with Crippen LogP contribution >= 0.6 is 11.6 Å². The molecule has 2 aliphatic heterocycles. The quantitative estimate of drug-likeness (QED) is 0.688. The lowest BCUT2D eigenvalue weighted by Gasteiger charge is -2.39. The third kappa shape index (κ3) is 5.59. The molecule has 0 aliphatic carbocycles. The van der Waals surface area contributed by atoms with Crippen LogP contribution in [0.5, 0.6) is 0 Å². The standard InChI is InChI=1S/C22H30ClN3O3/c1-17-22(29)25(12-4-11-24-10-3-7-20(24)16-27)13-14-26(17)21(28)9-8-18-5-2-6-19(23)15-18/h2,5-6,8-9,15,17,20,27H,3-4,7,10-14,16H2,1H3. The number of hydrogen-bond acceptors (Lipinski definition) is 4. The van der Waals surface area contributed by atoms with Gasteiger partial charge in [0.1, 0.15) is 6.04 Å². The molecule has 1 aromatic rings. The Morgan fingerprint density at radius 2 is 2.10 bits per heavy atom. The zero-order chi connectivity index (χ0) is 20.8. The molecule has 2 fully saturated rings. The number of likely N-dealkylation sites (tertiary alicyclic amines) is 1. The predicted octanol–water partition coefficient (Wildman–Crippen LogP) is 2.26. The average molecular weight is 420 g/mol. The minimum atomic E-state index is -0.461. The molecule has 2 atom stereocenters. The van der Waals surface area contributed by atoms with Crippen molar-refractivity contribution in [2.75, 3.05) is 39.3 Å². The van der Waals surface area contributed by atoms with E-state index < -0.39 is 6.04 Å². The van der Waals surface area contributed by atoms with Crippen LogP contribution in [0.25, 0.3) is 6.08 Å². The molecule has 2 amide bonds. The topological polar surface area (TPSA) is 64.1 Å². The Labute approximate surface area is 177 Å². The number of aliphatic hydroxyl groups is 1. The number of aliphatic hydroxyl groups excluding tert-OH is 1. The molecule has 2 aliphatic rings. The zero-order valence-electron chi connectivity index (χ0n) is 17.0. The summed E-state index contributed by atoms with van der Waals surface area (Å²) in [5, 5.41) is 10.0. The molecule has 2 heterocycles. The highest BCUT2D eigenvalue weighted by Crippen LogP contribution is 2.18. The molecule has 29 heavy (non-hydrogen) atoms. The normalized spacial score (nSPS) is 23.3. The Kier molecular flexibility index (Phi) is 7.70. The second-order valence-electron chi connectivity index (χ2n) is 7.79. The molecule has 3 rings (SSSR count). The summed E-state index contributed by atoms with van der Waals surface area (Å²) in [5.74, 6) is -0.158. The van der Waals surface area contributed by atoms with Gasteiger partial charge in [0.2, 0.25) is 11.8 Å². The van der Waals surface area contributed by atoms with Crippen molar-refractivity contribution in [1.29, 1.82) is 0 Å². The van der Waals surface area contributed by atoms with Crippen LogP contribution < -0.4 is 0 Å². The highest BCUT2D eigenvalue weighted by atomic mass is 35.5. The van der Waals surface area contributed by atoms with Crippen LogP contribution in [0.3, 0.4) is 0 Å². The maximum atomic E-state index is 12.7. The predicted molar refractivity (Wildman–Crippen MR) is 115 cm³/mol. The van der Waals surface area contributed by atoms with Crippen LogP contribution in [0, 0.1) is 0 Å². The van der Waals surface area contributed by atoms with E-state index in [1.807, 2.05) is 17.0 Å². The first-order valence-electron chi connectivity index (χ1n) is 10.4. The van der Waals surface area contributed by atoms with E-state index in [2.05, 4.69) is 4.90 Å². The number of carbonyl (C=O) groups is 2. The summed E-state index contributed by atoms with van der Waals surface area (Å²) in [6.45, 7) is 5.71. The van der Waals surface area contributed by atoms with E-state index in [9.17, 15) is 14.7 Å². The van der Waals surface area contributed by atoms with Gasteiger partial charge in [-0.05, 0) is 56.5 Å². The molecular formula is C22H30ClN3O3. The minimum absolute atomic E-state index is 0.000820. The highest BCUT2D eigenvalue weighted by molar-refractivity contribution is 6.30. The van der Waals surface area contributed by atoms with E-state index in [-0.39, 0.29) is 24.5 Å². The van der Waals surface area contributed by atoms with Gasteiger partial charge in [-0.25, -0.2) is 0 Å². The Bertz CT molecular complexity index is 755. The summed E-state index contributed by atoms with van der Waals surface area (Å²) in [7, 11) is 0. The summed E-state index contributed by atoms with van der Waals surface area (Å²) in [5.41, 5.74) is 0.853. The van der Waals surface area contributed by atoms with Crippen LogP contribution in [-0.2, 0) is 9.59 Å². The summed E-state index contributed by atoms with van der Waals surface area (Å²) in [4.78, 5) is 31.1. The summed E-state index contributed by atoms with van der Waals surface area (Å²) in [6.07, 6.45) is 6.30. The number of nitrogens with zero attached hydrogens (tertiary/aromatic N) is 3. The SMILES string of the molecule is CC1C(=O)N(CCCN2CCCC2CO)CCN1C(=O)C=Cc1cccc(Cl)c1.